The van der Waals surface area contributed by atoms with Crippen molar-refractivity contribution in [2.45, 2.75) is 33.1 Å². The van der Waals surface area contributed by atoms with Crippen molar-refractivity contribution in [1.29, 1.82) is 0 Å². The molecule has 3 nitrogen and oxygen atoms in total. The van der Waals surface area contributed by atoms with E-state index in [2.05, 4.69) is 4.98 Å². The van der Waals surface area contributed by atoms with E-state index in [-0.39, 0.29) is 11.3 Å². The van der Waals surface area contributed by atoms with Gasteiger partial charge in [0.1, 0.15) is 5.15 Å². The maximum Gasteiger partial charge on any atom is 0.253 e. The highest BCUT2D eigenvalue weighted by Crippen LogP contribution is 2.23. The van der Waals surface area contributed by atoms with E-state index in [0.29, 0.717) is 17.3 Å². The van der Waals surface area contributed by atoms with Crippen LogP contribution in [0.25, 0.3) is 0 Å². The van der Waals surface area contributed by atoms with Crippen molar-refractivity contribution < 1.29 is 4.79 Å². The van der Waals surface area contributed by atoms with E-state index >= 15 is 0 Å². The van der Waals surface area contributed by atoms with Crippen LogP contribution in [0.3, 0.4) is 0 Å². The highest BCUT2D eigenvalue weighted by atomic mass is 35.5. The number of rotatable bonds is 2. The van der Waals surface area contributed by atoms with Gasteiger partial charge in [-0.05, 0) is 19.1 Å². The van der Waals surface area contributed by atoms with Crippen molar-refractivity contribution in [1.82, 2.24) is 9.88 Å². The highest BCUT2D eigenvalue weighted by Gasteiger charge is 2.19. The Kier molecular flexibility index (Phi) is 4.15. The zero-order valence-corrected chi connectivity index (χ0v) is 11.8. The lowest BCUT2D eigenvalue weighted by Gasteiger charge is -2.20. The van der Waals surface area contributed by atoms with Gasteiger partial charge in [-0.25, -0.2) is 4.98 Å². The first kappa shape index (κ1) is 14.0. The van der Waals surface area contributed by atoms with Gasteiger partial charge in [0.25, 0.3) is 5.91 Å². The average molecular weight is 255 g/mol. The van der Waals surface area contributed by atoms with Crippen molar-refractivity contribution in [2.75, 3.05) is 13.6 Å². The highest BCUT2D eigenvalue weighted by molar-refractivity contribution is 6.29. The fraction of sp³-hybridized carbons (Fsp3) is 0.538. The van der Waals surface area contributed by atoms with Gasteiger partial charge in [0.15, 0.2) is 0 Å². The van der Waals surface area contributed by atoms with Gasteiger partial charge in [-0.3, -0.25) is 4.79 Å². The lowest BCUT2D eigenvalue weighted by atomic mass is 9.91. The zero-order chi connectivity index (χ0) is 13.2. The number of halogens is 1. The molecule has 17 heavy (non-hydrogen) atoms. The summed E-state index contributed by atoms with van der Waals surface area (Å²) in [6, 6.07) is 3.44. The minimum absolute atomic E-state index is 0.0256. The fourth-order valence-corrected chi connectivity index (χ4v) is 1.58. The Morgan fingerprint density at radius 3 is 2.47 bits per heavy atom. The summed E-state index contributed by atoms with van der Waals surface area (Å²) in [5.41, 5.74) is 1.31. The van der Waals surface area contributed by atoms with E-state index in [1.807, 2.05) is 33.8 Å². The molecule has 0 spiro atoms. The molecule has 1 amide bonds. The molecule has 0 saturated carbocycles. The number of hydrogen-bond acceptors (Lipinski definition) is 2. The van der Waals surface area contributed by atoms with Gasteiger partial charge < -0.3 is 4.90 Å². The van der Waals surface area contributed by atoms with Crippen LogP contribution in [0, 0.1) is 0 Å². The Labute approximate surface area is 108 Å². The summed E-state index contributed by atoms with van der Waals surface area (Å²) in [5, 5.41) is 0.366. The van der Waals surface area contributed by atoms with E-state index in [4.69, 9.17) is 11.6 Å². The summed E-state index contributed by atoms with van der Waals surface area (Å²) in [4.78, 5) is 18.0. The van der Waals surface area contributed by atoms with Gasteiger partial charge in [0.05, 0.1) is 0 Å². The standard InChI is InChI=1S/C13H19ClN2O/c1-6-16(5)12(17)9-7-10(13(2,3)4)15-11(14)8-9/h7-8H,6H2,1-5H3. The third-order valence-electron chi connectivity index (χ3n) is 2.63. The molecule has 0 aliphatic heterocycles. The minimum atomic E-state index is -0.120. The largest absolute Gasteiger partial charge is 0.342 e. The van der Waals surface area contributed by atoms with Crippen molar-refractivity contribution in [3.8, 4) is 0 Å². The second kappa shape index (κ2) is 5.05. The van der Waals surface area contributed by atoms with Gasteiger partial charge in [0, 0.05) is 30.3 Å². The summed E-state index contributed by atoms with van der Waals surface area (Å²) in [6.07, 6.45) is 0. The van der Waals surface area contributed by atoms with Crippen LogP contribution in [0.2, 0.25) is 5.15 Å². The summed E-state index contributed by atoms with van der Waals surface area (Å²) >= 11 is 5.97. The molecule has 0 radical (unpaired) electrons. The van der Waals surface area contributed by atoms with Gasteiger partial charge in [-0.1, -0.05) is 32.4 Å². The number of pyridine rings is 1. The van der Waals surface area contributed by atoms with Crippen LogP contribution in [0.5, 0.6) is 0 Å². The van der Waals surface area contributed by atoms with Gasteiger partial charge >= 0.3 is 0 Å². The van der Waals surface area contributed by atoms with Crippen molar-refractivity contribution in [3.63, 3.8) is 0 Å². The predicted molar refractivity (Wildman–Crippen MR) is 70.6 cm³/mol. The maximum absolute atomic E-state index is 12.0. The van der Waals surface area contributed by atoms with Gasteiger partial charge in [-0.15, -0.1) is 0 Å². The number of nitrogens with zero attached hydrogens (tertiary/aromatic N) is 2. The molecule has 0 atom stereocenters. The quantitative estimate of drug-likeness (QED) is 0.760. The van der Waals surface area contributed by atoms with Crippen LogP contribution in [0.4, 0.5) is 0 Å². The summed E-state index contributed by atoms with van der Waals surface area (Å²) in [5.74, 6) is -0.0256. The molecule has 0 aliphatic rings. The first-order valence-electron chi connectivity index (χ1n) is 5.69. The van der Waals surface area contributed by atoms with Gasteiger partial charge in [0.2, 0.25) is 0 Å². The smallest absolute Gasteiger partial charge is 0.253 e. The molecule has 1 aromatic rings. The summed E-state index contributed by atoms with van der Waals surface area (Å²) in [7, 11) is 1.77. The molecule has 0 bridgehead atoms. The third kappa shape index (κ3) is 3.43. The summed E-state index contributed by atoms with van der Waals surface area (Å²) in [6.45, 7) is 8.74. The second-order valence-electron chi connectivity index (χ2n) is 5.13. The maximum atomic E-state index is 12.0. The molecule has 0 aliphatic carbocycles. The number of carbonyl (C=O) groups excluding carboxylic acids is 1. The average Bonchev–Trinajstić information content (AvgIpc) is 2.25. The van der Waals surface area contributed by atoms with Crippen molar-refractivity contribution >= 4 is 17.5 Å². The Hall–Kier alpha value is -1.09. The molecular formula is C13H19ClN2O. The van der Waals surface area contributed by atoms with Crippen LogP contribution >= 0.6 is 11.6 Å². The van der Waals surface area contributed by atoms with E-state index in [1.54, 1.807) is 18.0 Å². The topological polar surface area (TPSA) is 33.2 Å². The van der Waals surface area contributed by atoms with E-state index < -0.39 is 0 Å². The van der Waals surface area contributed by atoms with E-state index in [9.17, 15) is 4.79 Å². The molecular weight excluding hydrogens is 236 g/mol. The monoisotopic (exact) mass is 254 g/mol. The van der Waals surface area contributed by atoms with Crippen LogP contribution in [-0.2, 0) is 5.41 Å². The zero-order valence-electron chi connectivity index (χ0n) is 11.0. The molecule has 0 aromatic carbocycles. The molecule has 0 fully saturated rings. The number of amides is 1. The SMILES string of the molecule is CCN(C)C(=O)c1cc(Cl)nc(C(C)(C)C)c1. The number of carbonyl (C=O) groups is 1. The Morgan fingerprint density at radius 2 is 2.00 bits per heavy atom. The Balaban J connectivity index is 3.19. The normalized spacial score (nSPS) is 11.4. The first-order chi connectivity index (χ1) is 7.75. The van der Waals surface area contributed by atoms with Crippen LogP contribution in [0.15, 0.2) is 12.1 Å². The van der Waals surface area contributed by atoms with E-state index in [0.717, 1.165) is 5.69 Å². The lowest BCUT2D eigenvalue weighted by molar-refractivity contribution is 0.0802. The first-order valence-corrected chi connectivity index (χ1v) is 6.07. The van der Waals surface area contributed by atoms with Gasteiger partial charge in [-0.2, -0.15) is 0 Å². The second-order valence-corrected chi connectivity index (χ2v) is 5.52. The molecule has 0 saturated heterocycles. The number of hydrogen-bond donors (Lipinski definition) is 0. The molecule has 0 unspecified atom stereocenters. The van der Waals surface area contributed by atoms with Crippen molar-refractivity contribution in [2.24, 2.45) is 0 Å². The van der Waals surface area contributed by atoms with Crippen molar-refractivity contribution in [3.05, 3.63) is 28.5 Å². The van der Waals surface area contributed by atoms with Crippen LogP contribution < -0.4 is 0 Å². The number of aromatic nitrogens is 1. The van der Waals surface area contributed by atoms with E-state index in [1.165, 1.54) is 0 Å². The summed E-state index contributed by atoms with van der Waals surface area (Å²) < 4.78 is 0. The molecule has 94 valence electrons. The molecule has 1 aromatic heterocycles. The minimum Gasteiger partial charge on any atom is -0.342 e. The predicted octanol–water partition coefficient (Wildman–Crippen LogP) is 3.12. The molecule has 0 N–H and O–H groups in total. The fourth-order valence-electron chi connectivity index (χ4n) is 1.37. The van der Waals surface area contributed by atoms with Crippen LogP contribution in [0.1, 0.15) is 43.7 Å². The molecule has 1 heterocycles. The van der Waals surface area contributed by atoms with Crippen LogP contribution in [-0.4, -0.2) is 29.4 Å². The Morgan fingerprint density at radius 1 is 1.41 bits per heavy atom. The Bertz CT molecular complexity index is 424. The molecule has 1 rings (SSSR count). The lowest BCUT2D eigenvalue weighted by Crippen LogP contribution is -2.27. The molecule has 4 heteroatoms. The third-order valence-corrected chi connectivity index (χ3v) is 2.82.